The highest BCUT2D eigenvalue weighted by Gasteiger charge is 2.35. The Morgan fingerprint density at radius 2 is 1.70 bits per heavy atom. The minimum Gasteiger partial charge on any atom is -0.487 e. The van der Waals surface area contributed by atoms with E-state index < -0.39 is 16.9 Å². The lowest BCUT2D eigenvalue weighted by molar-refractivity contribution is -0.384. The summed E-state index contributed by atoms with van der Waals surface area (Å²) in [5, 5.41) is 11.1. The Kier molecular flexibility index (Phi) is 9.98. The van der Waals surface area contributed by atoms with E-state index in [0.717, 1.165) is 23.8 Å². The second-order valence-corrected chi connectivity index (χ2v) is 13.8. The van der Waals surface area contributed by atoms with E-state index in [1.54, 1.807) is 29.7 Å². The topological polar surface area (TPSA) is 113 Å². The smallest absolute Gasteiger partial charge is 0.338 e. The summed E-state index contributed by atoms with van der Waals surface area (Å²) in [6.45, 7) is 2.09. The quantitative estimate of drug-likeness (QED) is 0.0712. The summed E-state index contributed by atoms with van der Waals surface area (Å²) >= 11 is 5.66. The van der Waals surface area contributed by atoms with Crippen LogP contribution in [0, 0.1) is 17.3 Å². The number of hydrogen-bond acceptors (Lipinski definition) is 8. The van der Waals surface area contributed by atoms with Crippen molar-refractivity contribution in [3.63, 3.8) is 0 Å². The molecular formula is C35H25I2N3O6S. The molecule has 9 nitrogen and oxygen atoms in total. The van der Waals surface area contributed by atoms with Gasteiger partial charge in [-0.3, -0.25) is 19.5 Å². The molecule has 12 heteroatoms. The van der Waals surface area contributed by atoms with Crippen LogP contribution in [0.3, 0.4) is 0 Å². The number of rotatable bonds is 9. The maximum Gasteiger partial charge on any atom is 0.338 e. The number of carbonyl (C=O) groups excluding carboxylic acids is 1. The normalized spacial score (nSPS) is 14.4. The van der Waals surface area contributed by atoms with Gasteiger partial charge in [-0.15, -0.1) is 0 Å². The average Bonchev–Trinajstić information content (AvgIpc) is 3.38. The van der Waals surface area contributed by atoms with Gasteiger partial charge in [0.15, 0.2) is 4.80 Å². The number of halogens is 2. The van der Waals surface area contributed by atoms with Gasteiger partial charge in [0.2, 0.25) is 0 Å². The van der Waals surface area contributed by atoms with Crippen molar-refractivity contribution in [1.29, 1.82) is 0 Å². The Morgan fingerprint density at radius 1 is 1.02 bits per heavy atom. The van der Waals surface area contributed by atoms with Crippen LogP contribution in [-0.4, -0.2) is 22.1 Å². The molecule has 5 aromatic rings. The van der Waals surface area contributed by atoms with Gasteiger partial charge in [0.1, 0.15) is 12.4 Å². The van der Waals surface area contributed by atoms with E-state index in [0.29, 0.717) is 31.9 Å². The number of esters is 1. The van der Waals surface area contributed by atoms with Crippen LogP contribution in [0.4, 0.5) is 5.69 Å². The van der Waals surface area contributed by atoms with Crippen molar-refractivity contribution in [2.45, 2.75) is 19.6 Å². The summed E-state index contributed by atoms with van der Waals surface area (Å²) in [5.41, 5.74) is 3.40. The number of thiazole rings is 1. The van der Waals surface area contributed by atoms with Gasteiger partial charge in [-0.1, -0.05) is 72.0 Å². The number of aromatic nitrogens is 1. The minimum absolute atomic E-state index is 0.00371. The molecule has 4 aromatic carbocycles. The number of non-ortho nitro benzene ring substituents is 1. The molecule has 0 amide bonds. The number of nitro benzene ring substituents is 1. The Labute approximate surface area is 300 Å². The first kappa shape index (κ1) is 32.8. The van der Waals surface area contributed by atoms with Crippen molar-refractivity contribution in [2.24, 2.45) is 4.99 Å². The zero-order valence-electron chi connectivity index (χ0n) is 24.8. The fourth-order valence-corrected chi connectivity index (χ4v) is 8.28. The fraction of sp³-hybridized carbons (Fsp3) is 0.114. The molecule has 0 bridgehead atoms. The van der Waals surface area contributed by atoms with Gasteiger partial charge in [-0.05, 0) is 93.6 Å². The maximum atomic E-state index is 14.3. The monoisotopic (exact) mass is 869 g/mol. The lowest BCUT2D eigenvalue weighted by Gasteiger charge is -2.25. The molecule has 1 aliphatic rings. The van der Waals surface area contributed by atoms with E-state index in [4.69, 9.17) is 14.5 Å². The van der Waals surface area contributed by atoms with E-state index in [2.05, 4.69) is 45.2 Å². The van der Waals surface area contributed by atoms with Crippen molar-refractivity contribution in [3.8, 4) is 5.75 Å². The van der Waals surface area contributed by atoms with Crippen LogP contribution in [0.5, 0.6) is 5.75 Å². The summed E-state index contributed by atoms with van der Waals surface area (Å²) in [5.74, 6) is 0.0410. The Hall–Kier alpha value is -4.15. The molecular weight excluding hydrogens is 844 g/mol. The zero-order chi connectivity index (χ0) is 33.1. The SMILES string of the molecule is CCOC(=O)C1=C(c2ccccc2)N=c2s/c(=C\c3cc(I)cc(I)c3OCc3ccc([N+](=O)[O-])cc3)c(=O)n2[C@@H]1c1ccccc1. The van der Waals surface area contributed by atoms with Crippen molar-refractivity contribution < 1.29 is 19.2 Å². The summed E-state index contributed by atoms with van der Waals surface area (Å²) in [6, 6.07) is 28.2. The van der Waals surface area contributed by atoms with E-state index in [-0.39, 0.29) is 24.5 Å². The molecule has 0 saturated heterocycles. The second kappa shape index (κ2) is 14.3. The number of fused-ring (bicyclic) bond motifs is 1. The molecule has 236 valence electrons. The molecule has 0 spiro atoms. The Morgan fingerprint density at radius 3 is 2.36 bits per heavy atom. The van der Waals surface area contributed by atoms with Crippen LogP contribution in [0.25, 0.3) is 11.8 Å². The molecule has 1 aromatic heterocycles. The molecule has 0 N–H and O–H groups in total. The third kappa shape index (κ3) is 6.94. The molecule has 1 atom stereocenters. The number of benzene rings is 4. The number of hydrogen-bond donors (Lipinski definition) is 0. The third-order valence-electron chi connectivity index (χ3n) is 7.34. The molecule has 6 rings (SSSR count). The van der Waals surface area contributed by atoms with E-state index in [1.807, 2.05) is 72.8 Å². The number of nitro groups is 1. The molecule has 1 aliphatic heterocycles. The second-order valence-electron chi connectivity index (χ2n) is 10.4. The van der Waals surface area contributed by atoms with E-state index in [9.17, 15) is 19.7 Å². The summed E-state index contributed by atoms with van der Waals surface area (Å²) in [7, 11) is 0. The van der Waals surface area contributed by atoms with Crippen LogP contribution in [-0.2, 0) is 16.1 Å². The molecule has 0 aliphatic carbocycles. The number of ether oxygens (including phenoxy) is 2. The molecule has 2 heterocycles. The molecule has 47 heavy (non-hydrogen) atoms. The van der Waals surface area contributed by atoms with Crippen LogP contribution in [0.2, 0.25) is 0 Å². The van der Waals surface area contributed by atoms with Gasteiger partial charge < -0.3 is 9.47 Å². The first-order valence-electron chi connectivity index (χ1n) is 14.4. The van der Waals surface area contributed by atoms with Crippen LogP contribution in [0.15, 0.2) is 112 Å². The zero-order valence-corrected chi connectivity index (χ0v) is 29.9. The van der Waals surface area contributed by atoms with Crippen molar-refractivity contribution in [2.75, 3.05) is 6.61 Å². The molecule has 0 saturated carbocycles. The highest BCUT2D eigenvalue weighted by molar-refractivity contribution is 14.1. The largest absolute Gasteiger partial charge is 0.487 e. The lowest BCUT2D eigenvalue weighted by atomic mass is 9.93. The average molecular weight is 869 g/mol. The molecule has 0 radical (unpaired) electrons. The van der Waals surface area contributed by atoms with E-state index in [1.165, 1.54) is 23.5 Å². The van der Waals surface area contributed by atoms with E-state index >= 15 is 0 Å². The van der Waals surface area contributed by atoms with Gasteiger partial charge in [-0.25, -0.2) is 9.79 Å². The molecule has 0 unspecified atom stereocenters. The van der Waals surface area contributed by atoms with Gasteiger partial charge in [0.25, 0.3) is 11.2 Å². The third-order valence-corrected chi connectivity index (χ3v) is 9.75. The predicted octanol–water partition coefficient (Wildman–Crippen LogP) is 6.63. The summed E-state index contributed by atoms with van der Waals surface area (Å²) in [6.07, 6.45) is 1.79. The number of carbonyl (C=O) groups is 1. The van der Waals surface area contributed by atoms with Crippen molar-refractivity contribution in [3.05, 3.63) is 162 Å². The van der Waals surface area contributed by atoms with Crippen LogP contribution in [0.1, 0.15) is 35.2 Å². The van der Waals surface area contributed by atoms with Gasteiger partial charge in [0, 0.05) is 26.8 Å². The van der Waals surface area contributed by atoms with Crippen molar-refractivity contribution >= 4 is 79.9 Å². The molecule has 0 fully saturated rings. The first-order chi connectivity index (χ1) is 22.7. The Balaban J connectivity index is 1.51. The predicted molar refractivity (Wildman–Crippen MR) is 197 cm³/mol. The Bertz CT molecular complexity index is 2200. The standard InChI is InChI=1S/C35H25I2N3O6S/c1-2-45-34(42)29-30(22-9-5-3-6-10-22)38-35-39(31(29)23-11-7-4-8-12-23)33(41)28(47-35)18-24-17-25(36)19-27(37)32(24)46-20-21-13-15-26(16-14-21)40(43)44/h3-19,31H,2,20H2,1H3/b28-18-/t31-/m1/s1. The van der Waals surface area contributed by atoms with Gasteiger partial charge >= 0.3 is 5.97 Å². The van der Waals surface area contributed by atoms with Gasteiger partial charge in [0.05, 0.1) is 36.9 Å². The first-order valence-corrected chi connectivity index (χ1v) is 17.4. The summed E-state index contributed by atoms with van der Waals surface area (Å²) in [4.78, 5) is 44.0. The lowest BCUT2D eigenvalue weighted by Crippen LogP contribution is -2.40. The minimum atomic E-state index is -0.766. The van der Waals surface area contributed by atoms with Crippen LogP contribution >= 0.6 is 56.5 Å². The van der Waals surface area contributed by atoms with Crippen LogP contribution < -0.4 is 19.6 Å². The fourth-order valence-electron chi connectivity index (χ4n) is 5.24. The maximum absolute atomic E-state index is 14.3. The summed E-state index contributed by atoms with van der Waals surface area (Å²) < 4.78 is 15.6. The van der Waals surface area contributed by atoms with Crippen molar-refractivity contribution in [1.82, 2.24) is 4.57 Å². The number of nitrogens with zero attached hydrogens (tertiary/aromatic N) is 3. The highest BCUT2D eigenvalue weighted by Crippen LogP contribution is 2.35. The van der Waals surface area contributed by atoms with Gasteiger partial charge in [-0.2, -0.15) is 0 Å². The highest BCUT2D eigenvalue weighted by atomic mass is 127.